The molecule has 6 nitrogen and oxygen atoms in total. The quantitative estimate of drug-likeness (QED) is 0.409. The molecule has 0 saturated heterocycles. The first-order valence-corrected chi connectivity index (χ1v) is 5.28. The van der Waals surface area contributed by atoms with Gasteiger partial charge in [0, 0.05) is 12.1 Å². The predicted molar refractivity (Wildman–Crippen MR) is 55.6 cm³/mol. The van der Waals surface area contributed by atoms with E-state index in [1.54, 1.807) is 0 Å². The van der Waals surface area contributed by atoms with Gasteiger partial charge in [-0.15, -0.1) is 0 Å². The highest BCUT2D eigenvalue weighted by atomic mass is 31.1. The van der Waals surface area contributed by atoms with Gasteiger partial charge in [-0.1, -0.05) is 0 Å². The number of nitrogens with zero attached hydrogens (tertiary/aromatic N) is 1. The van der Waals surface area contributed by atoms with E-state index in [2.05, 4.69) is 0 Å². The number of hydrogen-bond acceptors (Lipinski definition) is 4. The first-order valence-electron chi connectivity index (χ1n) is 4.03. The molecule has 1 rings (SSSR count). The number of nitrogens with two attached hydrogens (primary N) is 1. The fourth-order valence-electron chi connectivity index (χ4n) is 0.942. The summed E-state index contributed by atoms with van der Waals surface area (Å²) in [5.74, 6) is 0. The van der Waals surface area contributed by atoms with E-state index in [0.29, 0.717) is 5.30 Å². The van der Waals surface area contributed by atoms with Gasteiger partial charge in [-0.05, 0) is 12.1 Å². The van der Waals surface area contributed by atoms with E-state index in [9.17, 15) is 15.0 Å². The van der Waals surface area contributed by atoms with E-state index in [0.717, 1.165) is 0 Å². The van der Waals surface area contributed by atoms with Crippen LogP contribution in [-0.2, 0) is 0 Å². The lowest BCUT2D eigenvalue weighted by molar-refractivity contribution is -0.384. The van der Waals surface area contributed by atoms with Crippen LogP contribution in [0.4, 0.5) is 5.69 Å². The molecule has 1 aromatic carbocycles. The maximum absolute atomic E-state index is 11.5. The number of rotatable bonds is 3. The lowest BCUT2D eigenvalue weighted by atomic mass is 10.3. The van der Waals surface area contributed by atoms with Crippen molar-refractivity contribution in [2.75, 3.05) is 6.54 Å². The van der Waals surface area contributed by atoms with Crippen molar-refractivity contribution in [3.8, 4) is 0 Å². The lowest BCUT2D eigenvalue weighted by Gasteiger charge is -1.99. The van der Waals surface area contributed by atoms with Crippen molar-refractivity contribution in [3.05, 3.63) is 34.4 Å². The van der Waals surface area contributed by atoms with Crippen LogP contribution < -0.4 is 15.9 Å². The zero-order chi connectivity index (χ0) is 11.4. The molecule has 0 aliphatic heterocycles. The largest absolute Gasteiger partial charge is 0.624 e. The van der Waals surface area contributed by atoms with Gasteiger partial charge < -0.3 is 15.7 Å². The Labute approximate surface area is 86.6 Å². The molecule has 3 N–H and O–H groups in total. The molecule has 0 fully saturated rings. The number of aliphatic hydroxyl groups is 1. The van der Waals surface area contributed by atoms with Gasteiger partial charge in [-0.25, -0.2) is 0 Å². The third-order valence-corrected chi connectivity index (χ3v) is 3.13. The third-order valence-electron chi connectivity index (χ3n) is 1.71. The third kappa shape index (κ3) is 2.81. The van der Waals surface area contributed by atoms with Gasteiger partial charge in [0.15, 0.2) is 0 Å². The Kier molecular flexibility index (Phi) is 3.88. The molecule has 0 spiro atoms. The number of nitro benzene ring substituents is 1. The highest BCUT2D eigenvalue weighted by Crippen LogP contribution is 2.15. The average molecular weight is 228 g/mol. The van der Waals surface area contributed by atoms with Gasteiger partial charge >= 0.3 is 0 Å². The van der Waals surface area contributed by atoms with E-state index in [1.807, 2.05) is 0 Å². The molecule has 7 heteroatoms. The molecule has 0 amide bonds. The SMILES string of the molecule is NC/C(O)=[P+](\[O-])c1ccc([N+](=O)[O-])cc1. The van der Waals surface area contributed by atoms with Gasteiger partial charge in [0.05, 0.1) is 11.5 Å². The Morgan fingerprint density at radius 2 is 2.00 bits per heavy atom. The van der Waals surface area contributed by atoms with Crippen molar-refractivity contribution < 1.29 is 14.9 Å². The second-order valence-corrected chi connectivity index (χ2v) is 4.31. The highest BCUT2D eigenvalue weighted by molar-refractivity contribution is 7.59. The summed E-state index contributed by atoms with van der Waals surface area (Å²) < 4.78 is 0. The fourth-order valence-corrected chi connectivity index (χ4v) is 1.83. The molecule has 1 atom stereocenters. The van der Waals surface area contributed by atoms with Crippen LogP contribution in [-0.4, -0.2) is 22.1 Å². The van der Waals surface area contributed by atoms with Crippen LogP contribution in [0.3, 0.4) is 0 Å². The minimum atomic E-state index is -2.09. The minimum Gasteiger partial charge on any atom is -0.624 e. The van der Waals surface area contributed by atoms with E-state index < -0.39 is 12.7 Å². The maximum Gasteiger partial charge on any atom is 0.269 e. The second-order valence-electron chi connectivity index (χ2n) is 2.69. The molecule has 0 saturated carbocycles. The van der Waals surface area contributed by atoms with Gasteiger partial charge in [0.25, 0.3) is 5.69 Å². The smallest absolute Gasteiger partial charge is 0.269 e. The number of benzene rings is 1. The van der Waals surface area contributed by atoms with Gasteiger partial charge in [0.1, 0.15) is 13.1 Å². The second kappa shape index (κ2) is 4.95. The number of hydrogen-bond donors (Lipinski definition) is 2. The van der Waals surface area contributed by atoms with Crippen LogP contribution in [0.25, 0.3) is 0 Å². The summed E-state index contributed by atoms with van der Waals surface area (Å²) in [7, 11) is -2.09. The minimum absolute atomic E-state index is 0.0885. The van der Waals surface area contributed by atoms with Crippen LogP contribution in [0.15, 0.2) is 24.3 Å². The summed E-state index contributed by atoms with van der Waals surface area (Å²) in [6.07, 6.45) is 0. The first-order chi connectivity index (χ1) is 7.06. The van der Waals surface area contributed by atoms with Crippen LogP contribution >= 0.6 is 7.77 Å². The van der Waals surface area contributed by atoms with Crippen molar-refractivity contribution in [3.63, 3.8) is 0 Å². The molecule has 0 heterocycles. The Bertz CT molecular complexity index is 402. The molecule has 0 aromatic heterocycles. The molecular weight excluding hydrogens is 219 g/mol. The highest BCUT2D eigenvalue weighted by Gasteiger charge is 2.11. The van der Waals surface area contributed by atoms with Crippen molar-refractivity contribution in [2.45, 2.75) is 0 Å². The number of aliphatic hydroxyl groups excluding tert-OH is 1. The summed E-state index contributed by atoms with van der Waals surface area (Å²) in [5.41, 5.74) is 4.70. The zero-order valence-electron chi connectivity index (χ0n) is 7.66. The van der Waals surface area contributed by atoms with Crippen LogP contribution in [0.1, 0.15) is 0 Å². The van der Waals surface area contributed by atoms with Crippen LogP contribution in [0, 0.1) is 10.1 Å². The van der Waals surface area contributed by atoms with E-state index in [1.165, 1.54) is 24.3 Å². The molecular formula is C8H9N2O4P. The molecule has 80 valence electrons. The molecule has 0 bridgehead atoms. The fraction of sp³-hybridized carbons (Fsp3) is 0.125. The summed E-state index contributed by atoms with van der Waals surface area (Å²) >= 11 is 0. The van der Waals surface area contributed by atoms with Gasteiger partial charge in [-0.2, -0.15) is 0 Å². The van der Waals surface area contributed by atoms with E-state index >= 15 is 0 Å². The van der Waals surface area contributed by atoms with Gasteiger partial charge in [0.2, 0.25) is 5.48 Å². The summed E-state index contributed by atoms with van der Waals surface area (Å²) in [5, 5.41) is 19.8. The normalized spacial score (nSPS) is 12.2. The molecule has 1 aromatic rings. The molecule has 15 heavy (non-hydrogen) atoms. The Morgan fingerprint density at radius 3 is 2.40 bits per heavy atom. The topological polar surface area (TPSA) is 112 Å². The number of non-ortho nitro benzene ring substituents is 1. The Hall–Kier alpha value is -1.33. The zero-order valence-corrected chi connectivity index (χ0v) is 8.55. The van der Waals surface area contributed by atoms with Crippen LogP contribution in [0.5, 0.6) is 0 Å². The Balaban J connectivity index is 3.04. The lowest BCUT2D eigenvalue weighted by Crippen LogP contribution is -2.19. The maximum atomic E-state index is 11.5. The van der Waals surface area contributed by atoms with E-state index in [-0.39, 0.29) is 17.7 Å². The van der Waals surface area contributed by atoms with Crippen molar-refractivity contribution in [1.82, 2.24) is 0 Å². The average Bonchev–Trinajstić information content (AvgIpc) is 2.27. The molecule has 0 aliphatic carbocycles. The van der Waals surface area contributed by atoms with E-state index in [4.69, 9.17) is 10.8 Å². The predicted octanol–water partition coefficient (Wildman–Crippen LogP) is -0.562. The van der Waals surface area contributed by atoms with Crippen molar-refractivity contribution >= 4 is 24.2 Å². The molecule has 0 aliphatic rings. The standard InChI is InChI=1S/C8H9N2O4P/c9-5-8(11)15(14)7-3-1-6(2-4-7)10(12)13/h1-4,11H,5,9H2. The number of nitro groups is 1. The van der Waals surface area contributed by atoms with Gasteiger partial charge in [-0.3, -0.25) is 10.1 Å². The van der Waals surface area contributed by atoms with Crippen LogP contribution in [0.2, 0.25) is 0 Å². The summed E-state index contributed by atoms with van der Waals surface area (Å²) in [6, 6.07) is 5.13. The van der Waals surface area contributed by atoms with Crippen molar-refractivity contribution in [2.24, 2.45) is 5.73 Å². The Morgan fingerprint density at radius 1 is 1.47 bits per heavy atom. The van der Waals surface area contributed by atoms with Crippen molar-refractivity contribution in [1.29, 1.82) is 0 Å². The monoisotopic (exact) mass is 228 g/mol. The molecule has 0 radical (unpaired) electrons. The summed E-state index contributed by atoms with van der Waals surface area (Å²) in [6.45, 7) is -0.188. The molecule has 1 unspecified atom stereocenters. The summed E-state index contributed by atoms with van der Waals surface area (Å²) in [4.78, 5) is 21.2. The first kappa shape index (κ1) is 11.7.